The van der Waals surface area contributed by atoms with Gasteiger partial charge in [0.05, 0.1) is 5.88 Å². The number of thioether (sulfide) groups is 1. The number of hydrogen-bond acceptors (Lipinski definition) is 4. The lowest BCUT2D eigenvalue weighted by atomic mass is 10.0. The average molecular weight is 335 g/mol. The minimum atomic E-state index is -0.388. The number of hydrogen-bond donors (Lipinski definition) is 1. The molecule has 0 aromatic heterocycles. The number of carbonyl (C=O) groups is 2. The molecule has 5 nitrogen and oxygen atoms in total. The van der Waals surface area contributed by atoms with E-state index in [0.29, 0.717) is 11.6 Å². The van der Waals surface area contributed by atoms with Gasteiger partial charge in [0.1, 0.15) is 12.1 Å². The van der Waals surface area contributed by atoms with Gasteiger partial charge in [-0.1, -0.05) is 30.3 Å². The number of amides is 2. The molecule has 1 saturated heterocycles. The monoisotopic (exact) mass is 335 g/mol. The van der Waals surface area contributed by atoms with Gasteiger partial charge < -0.3 is 10.2 Å². The van der Waals surface area contributed by atoms with Gasteiger partial charge in [0.25, 0.3) is 0 Å². The van der Waals surface area contributed by atoms with Gasteiger partial charge in [-0.15, -0.1) is 11.8 Å². The third-order valence-electron chi connectivity index (χ3n) is 3.76. The van der Waals surface area contributed by atoms with Crippen LogP contribution in [0.4, 0.5) is 0 Å². The van der Waals surface area contributed by atoms with Gasteiger partial charge in [-0.05, 0) is 33.5 Å². The topological polar surface area (TPSA) is 52.7 Å². The molecule has 2 unspecified atom stereocenters. The molecule has 1 N–H and O–H groups in total. The molecule has 0 aliphatic carbocycles. The Kier molecular flexibility index (Phi) is 6.07. The van der Waals surface area contributed by atoms with E-state index in [4.69, 9.17) is 0 Å². The zero-order valence-corrected chi connectivity index (χ0v) is 15.0. The van der Waals surface area contributed by atoms with Crippen molar-refractivity contribution in [1.29, 1.82) is 0 Å². The highest BCUT2D eigenvalue weighted by molar-refractivity contribution is 7.99. The standard InChI is InChI=1S/C17H25N3O2S/c1-12(2)18-16(21)14-10-23-11-20(14)17(22)15(19(3)4)13-8-6-5-7-9-13/h5-9,12,14-15H,10-11H2,1-4H3,(H,18,21). The Hall–Kier alpha value is -1.53. The lowest BCUT2D eigenvalue weighted by Gasteiger charge is -2.31. The molecule has 2 atom stereocenters. The molecule has 2 amide bonds. The number of likely N-dealkylation sites (N-methyl/N-ethyl adjacent to an activating group) is 1. The summed E-state index contributed by atoms with van der Waals surface area (Å²) in [6.45, 7) is 3.86. The van der Waals surface area contributed by atoms with E-state index >= 15 is 0 Å². The van der Waals surface area contributed by atoms with Crippen LogP contribution in [0.5, 0.6) is 0 Å². The molecule has 1 aliphatic heterocycles. The quantitative estimate of drug-likeness (QED) is 0.890. The van der Waals surface area contributed by atoms with Gasteiger partial charge in [0.2, 0.25) is 11.8 Å². The number of carbonyl (C=O) groups excluding carboxylic acids is 2. The molecule has 0 spiro atoms. The third-order valence-corrected chi connectivity index (χ3v) is 4.78. The second-order valence-corrected chi connectivity index (χ2v) is 7.26. The van der Waals surface area contributed by atoms with E-state index in [-0.39, 0.29) is 29.9 Å². The van der Waals surface area contributed by atoms with E-state index in [2.05, 4.69) is 5.32 Å². The first-order chi connectivity index (χ1) is 10.9. The fourth-order valence-corrected chi connectivity index (χ4v) is 3.88. The van der Waals surface area contributed by atoms with Crippen molar-refractivity contribution in [2.75, 3.05) is 25.7 Å². The Morgan fingerprint density at radius 2 is 1.91 bits per heavy atom. The van der Waals surface area contributed by atoms with Crippen LogP contribution in [0.2, 0.25) is 0 Å². The zero-order valence-electron chi connectivity index (χ0n) is 14.2. The Labute approximate surface area is 142 Å². The van der Waals surface area contributed by atoms with Gasteiger partial charge in [0.15, 0.2) is 0 Å². The van der Waals surface area contributed by atoms with Crippen LogP contribution in [0.15, 0.2) is 30.3 Å². The zero-order chi connectivity index (χ0) is 17.0. The van der Waals surface area contributed by atoms with Crippen LogP contribution in [-0.4, -0.2) is 59.4 Å². The summed E-state index contributed by atoms with van der Waals surface area (Å²) in [6, 6.07) is 9.02. The maximum atomic E-state index is 13.1. The van der Waals surface area contributed by atoms with Crippen LogP contribution < -0.4 is 5.32 Å². The van der Waals surface area contributed by atoms with Gasteiger partial charge >= 0.3 is 0 Å². The predicted octanol–water partition coefficient (Wildman–Crippen LogP) is 1.72. The van der Waals surface area contributed by atoms with Crippen LogP contribution in [0.1, 0.15) is 25.5 Å². The molecule has 2 rings (SSSR count). The molecule has 23 heavy (non-hydrogen) atoms. The van der Waals surface area contributed by atoms with E-state index in [9.17, 15) is 9.59 Å². The number of nitrogens with zero attached hydrogens (tertiary/aromatic N) is 2. The molecule has 1 fully saturated rings. The maximum Gasteiger partial charge on any atom is 0.245 e. The largest absolute Gasteiger partial charge is 0.352 e. The average Bonchev–Trinajstić information content (AvgIpc) is 2.97. The lowest BCUT2D eigenvalue weighted by Crippen LogP contribution is -2.51. The summed E-state index contributed by atoms with van der Waals surface area (Å²) in [5.74, 6) is 1.13. The first kappa shape index (κ1) is 17.8. The fourth-order valence-electron chi connectivity index (χ4n) is 2.71. The molecule has 1 aromatic rings. The van der Waals surface area contributed by atoms with Crippen molar-refractivity contribution in [3.05, 3.63) is 35.9 Å². The highest BCUT2D eigenvalue weighted by atomic mass is 32.2. The van der Waals surface area contributed by atoms with Crippen LogP contribution >= 0.6 is 11.8 Å². The number of nitrogens with one attached hydrogen (secondary N) is 1. The summed E-state index contributed by atoms with van der Waals surface area (Å²) in [5.41, 5.74) is 0.947. The first-order valence-electron chi connectivity index (χ1n) is 7.81. The molecule has 1 aromatic carbocycles. The highest BCUT2D eigenvalue weighted by Gasteiger charge is 2.38. The minimum absolute atomic E-state index is 0.0184. The molecule has 0 radical (unpaired) electrons. The lowest BCUT2D eigenvalue weighted by molar-refractivity contribution is -0.142. The molecular weight excluding hydrogens is 310 g/mol. The van der Waals surface area contributed by atoms with Crippen molar-refractivity contribution in [2.24, 2.45) is 0 Å². The van der Waals surface area contributed by atoms with E-state index in [1.165, 1.54) is 0 Å². The van der Waals surface area contributed by atoms with Crippen molar-refractivity contribution in [3.63, 3.8) is 0 Å². The normalized spacial score (nSPS) is 19.2. The highest BCUT2D eigenvalue weighted by Crippen LogP contribution is 2.28. The van der Waals surface area contributed by atoms with E-state index in [1.807, 2.05) is 63.2 Å². The summed E-state index contributed by atoms with van der Waals surface area (Å²) in [6.07, 6.45) is 0. The summed E-state index contributed by atoms with van der Waals surface area (Å²) < 4.78 is 0. The Morgan fingerprint density at radius 1 is 1.26 bits per heavy atom. The van der Waals surface area contributed by atoms with Gasteiger partial charge in [-0.3, -0.25) is 14.5 Å². The van der Waals surface area contributed by atoms with Crippen LogP contribution in [-0.2, 0) is 9.59 Å². The summed E-state index contributed by atoms with van der Waals surface area (Å²) >= 11 is 1.62. The first-order valence-corrected chi connectivity index (χ1v) is 8.97. The SMILES string of the molecule is CC(C)NC(=O)C1CSCN1C(=O)C(c1ccccc1)N(C)C. The van der Waals surface area contributed by atoms with Crippen LogP contribution in [0.3, 0.4) is 0 Å². The Bertz CT molecular complexity index is 548. The summed E-state index contributed by atoms with van der Waals surface area (Å²) in [5, 5.41) is 2.92. The third kappa shape index (κ3) is 4.26. The van der Waals surface area contributed by atoms with Crippen molar-refractivity contribution >= 4 is 23.6 Å². The maximum absolute atomic E-state index is 13.1. The molecular formula is C17H25N3O2S. The summed E-state index contributed by atoms with van der Waals surface area (Å²) in [4.78, 5) is 29.1. The molecule has 6 heteroatoms. The van der Waals surface area contributed by atoms with Gasteiger partial charge in [0, 0.05) is 11.8 Å². The molecule has 126 valence electrons. The smallest absolute Gasteiger partial charge is 0.245 e. The Morgan fingerprint density at radius 3 is 2.48 bits per heavy atom. The minimum Gasteiger partial charge on any atom is -0.352 e. The van der Waals surface area contributed by atoms with E-state index in [0.717, 1.165) is 5.56 Å². The van der Waals surface area contributed by atoms with Gasteiger partial charge in [-0.2, -0.15) is 0 Å². The number of rotatable bonds is 5. The number of benzene rings is 1. The molecule has 0 saturated carbocycles. The molecule has 0 bridgehead atoms. The molecule has 1 aliphatic rings. The fraction of sp³-hybridized carbons (Fsp3) is 0.529. The predicted molar refractivity (Wildman–Crippen MR) is 94.1 cm³/mol. The second kappa shape index (κ2) is 7.84. The van der Waals surface area contributed by atoms with Crippen molar-refractivity contribution < 1.29 is 9.59 Å². The van der Waals surface area contributed by atoms with Crippen LogP contribution in [0, 0.1) is 0 Å². The van der Waals surface area contributed by atoms with Crippen LogP contribution in [0.25, 0.3) is 0 Å². The van der Waals surface area contributed by atoms with E-state index in [1.54, 1.807) is 16.7 Å². The Balaban J connectivity index is 2.20. The van der Waals surface area contributed by atoms with Crippen molar-refractivity contribution in [3.8, 4) is 0 Å². The second-order valence-electron chi connectivity index (χ2n) is 6.26. The van der Waals surface area contributed by atoms with Gasteiger partial charge in [-0.25, -0.2) is 0 Å². The van der Waals surface area contributed by atoms with E-state index < -0.39 is 0 Å². The van der Waals surface area contributed by atoms with Crippen molar-refractivity contribution in [2.45, 2.75) is 32.0 Å². The summed E-state index contributed by atoms with van der Waals surface area (Å²) in [7, 11) is 3.78. The van der Waals surface area contributed by atoms with Crippen molar-refractivity contribution in [1.82, 2.24) is 15.1 Å². The molecule has 1 heterocycles.